The second-order valence-electron chi connectivity index (χ2n) is 5.19. The van der Waals surface area contributed by atoms with Crippen LogP contribution in [0.1, 0.15) is 37.5 Å². The molecule has 2 amide bonds. The zero-order valence-electron chi connectivity index (χ0n) is 11.9. The van der Waals surface area contributed by atoms with Crippen LogP contribution in [0.15, 0.2) is 15.9 Å². The Hall–Kier alpha value is -1.08. The van der Waals surface area contributed by atoms with Crippen molar-refractivity contribution in [3.8, 4) is 0 Å². The number of carboxylic acids is 1. The summed E-state index contributed by atoms with van der Waals surface area (Å²) in [5.41, 5.74) is -1.04. The predicted octanol–water partition coefficient (Wildman–Crippen LogP) is 3.44. The SMILES string of the molecule is CCCC1(C(=O)O)CCCN1C(=O)NCc1sccc1Br. The molecule has 0 saturated carbocycles. The summed E-state index contributed by atoms with van der Waals surface area (Å²) < 4.78 is 0.965. The van der Waals surface area contributed by atoms with Crippen LogP contribution in [-0.2, 0) is 11.3 Å². The molecule has 2 rings (SSSR count). The highest BCUT2D eigenvalue weighted by Crippen LogP contribution is 2.34. The van der Waals surface area contributed by atoms with Gasteiger partial charge in [-0.05, 0) is 46.6 Å². The summed E-state index contributed by atoms with van der Waals surface area (Å²) in [6.07, 6.45) is 2.51. The molecule has 1 fully saturated rings. The first-order valence-electron chi connectivity index (χ1n) is 7.02. The molecular formula is C14H19BrN2O3S. The lowest BCUT2D eigenvalue weighted by molar-refractivity contribution is -0.148. The zero-order chi connectivity index (χ0) is 15.5. The summed E-state index contributed by atoms with van der Waals surface area (Å²) in [5.74, 6) is -0.894. The molecule has 0 aromatic carbocycles. The van der Waals surface area contributed by atoms with Crippen molar-refractivity contribution >= 4 is 39.3 Å². The maximum Gasteiger partial charge on any atom is 0.329 e. The largest absolute Gasteiger partial charge is 0.479 e. The van der Waals surface area contributed by atoms with Crippen molar-refractivity contribution in [1.29, 1.82) is 0 Å². The van der Waals surface area contributed by atoms with E-state index in [2.05, 4.69) is 21.2 Å². The molecule has 1 aliphatic rings. The van der Waals surface area contributed by atoms with Gasteiger partial charge in [0.2, 0.25) is 0 Å². The Balaban J connectivity index is 2.06. The van der Waals surface area contributed by atoms with E-state index in [1.54, 1.807) is 11.3 Å². The highest BCUT2D eigenvalue weighted by molar-refractivity contribution is 9.10. The van der Waals surface area contributed by atoms with Gasteiger partial charge >= 0.3 is 12.0 Å². The second kappa shape index (κ2) is 6.79. The first kappa shape index (κ1) is 16.3. The fraction of sp³-hybridized carbons (Fsp3) is 0.571. The maximum atomic E-state index is 12.4. The normalized spacial score (nSPS) is 21.5. The molecule has 116 valence electrons. The van der Waals surface area contributed by atoms with E-state index in [4.69, 9.17) is 0 Å². The van der Waals surface area contributed by atoms with Crippen molar-refractivity contribution in [2.24, 2.45) is 0 Å². The number of halogens is 1. The number of amides is 2. The van der Waals surface area contributed by atoms with E-state index in [-0.39, 0.29) is 6.03 Å². The van der Waals surface area contributed by atoms with E-state index in [1.165, 1.54) is 4.90 Å². The third-order valence-corrected chi connectivity index (χ3v) is 5.81. The Kier molecular flexibility index (Phi) is 5.27. The second-order valence-corrected chi connectivity index (χ2v) is 7.05. The van der Waals surface area contributed by atoms with Crippen LogP contribution in [-0.4, -0.2) is 34.1 Å². The quantitative estimate of drug-likeness (QED) is 0.828. The Morgan fingerprint density at radius 1 is 1.57 bits per heavy atom. The molecule has 0 spiro atoms. The Morgan fingerprint density at radius 2 is 2.33 bits per heavy atom. The molecule has 1 aromatic rings. The summed E-state index contributed by atoms with van der Waals surface area (Å²) in [6.45, 7) is 2.86. The molecule has 2 heterocycles. The molecule has 0 bridgehead atoms. The zero-order valence-corrected chi connectivity index (χ0v) is 14.3. The van der Waals surface area contributed by atoms with E-state index in [1.807, 2.05) is 18.4 Å². The first-order chi connectivity index (χ1) is 10.0. The molecule has 21 heavy (non-hydrogen) atoms. The molecule has 1 aromatic heterocycles. The summed E-state index contributed by atoms with van der Waals surface area (Å²) in [6, 6.07) is 1.64. The van der Waals surface area contributed by atoms with Gasteiger partial charge in [-0.3, -0.25) is 0 Å². The average molecular weight is 375 g/mol. The number of nitrogens with one attached hydrogen (secondary N) is 1. The average Bonchev–Trinajstić information content (AvgIpc) is 3.04. The monoisotopic (exact) mass is 374 g/mol. The fourth-order valence-corrected chi connectivity index (χ4v) is 4.31. The lowest BCUT2D eigenvalue weighted by Gasteiger charge is -2.34. The van der Waals surface area contributed by atoms with Crippen LogP contribution in [0.5, 0.6) is 0 Å². The van der Waals surface area contributed by atoms with Gasteiger partial charge in [0.25, 0.3) is 0 Å². The number of hydrogen-bond donors (Lipinski definition) is 2. The van der Waals surface area contributed by atoms with E-state index in [0.29, 0.717) is 25.9 Å². The minimum atomic E-state index is -1.04. The fourth-order valence-electron chi connectivity index (χ4n) is 2.88. The third-order valence-electron chi connectivity index (χ3n) is 3.89. The number of aliphatic carboxylic acids is 1. The van der Waals surface area contributed by atoms with E-state index in [9.17, 15) is 14.7 Å². The molecule has 0 radical (unpaired) electrons. The van der Waals surface area contributed by atoms with Gasteiger partial charge in [-0.1, -0.05) is 13.3 Å². The van der Waals surface area contributed by atoms with Crippen molar-refractivity contribution in [3.05, 3.63) is 20.8 Å². The summed E-state index contributed by atoms with van der Waals surface area (Å²) >= 11 is 4.98. The Labute approximate surface area is 136 Å². The van der Waals surface area contributed by atoms with Gasteiger partial charge in [0.05, 0.1) is 6.54 Å². The Morgan fingerprint density at radius 3 is 2.90 bits per heavy atom. The molecule has 7 heteroatoms. The summed E-state index contributed by atoms with van der Waals surface area (Å²) in [7, 11) is 0. The minimum Gasteiger partial charge on any atom is -0.479 e. The standard InChI is InChI=1S/C14H19BrN2O3S/c1-2-5-14(12(18)19)6-3-7-17(14)13(20)16-9-11-10(15)4-8-21-11/h4,8H,2-3,5-7,9H2,1H3,(H,16,20)(H,18,19). The molecule has 1 aliphatic heterocycles. The third kappa shape index (κ3) is 3.23. The van der Waals surface area contributed by atoms with Gasteiger partial charge in [0, 0.05) is 15.9 Å². The topological polar surface area (TPSA) is 69.6 Å². The molecule has 1 atom stereocenters. The number of carbonyl (C=O) groups excluding carboxylic acids is 1. The number of rotatable bonds is 5. The lowest BCUT2D eigenvalue weighted by Crippen LogP contribution is -2.55. The van der Waals surface area contributed by atoms with Crippen LogP contribution in [0.25, 0.3) is 0 Å². The number of nitrogens with zero attached hydrogens (tertiary/aromatic N) is 1. The van der Waals surface area contributed by atoms with Gasteiger partial charge in [0.15, 0.2) is 0 Å². The van der Waals surface area contributed by atoms with E-state index in [0.717, 1.165) is 22.2 Å². The summed E-state index contributed by atoms with van der Waals surface area (Å²) in [5, 5.41) is 14.4. The molecule has 0 aliphatic carbocycles. The molecule has 1 unspecified atom stereocenters. The number of likely N-dealkylation sites (tertiary alicyclic amines) is 1. The number of carboxylic acid groups (broad SMARTS) is 1. The van der Waals surface area contributed by atoms with Gasteiger partial charge in [-0.2, -0.15) is 0 Å². The van der Waals surface area contributed by atoms with Crippen molar-refractivity contribution in [2.45, 2.75) is 44.7 Å². The number of carbonyl (C=O) groups is 2. The smallest absolute Gasteiger partial charge is 0.329 e. The Bertz CT molecular complexity index is 534. The highest BCUT2D eigenvalue weighted by atomic mass is 79.9. The van der Waals surface area contributed by atoms with Crippen molar-refractivity contribution in [1.82, 2.24) is 10.2 Å². The number of urea groups is 1. The van der Waals surface area contributed by atoms with Crippen LogP contribution in [0.4, 0.5) is 4.79 Å². The van der Waals surface area contributed by atoms with Crippen molar-refractivity contribution in [3.63, 3.8) is 0 Å². The first-order valence-corrected chi connectivity index (χ1v) is 8.69. The minimum absolute atomic E-state index is 0.288. The van der Waals surface area contributed by atoms with Gasteiger partial charge in [0.1, 0.15) is 5.54 Å². The van der Waals surface area contributed by atoms with E-state index >= 15 is 0 Å². The molecular weight excluding hydrogens is 356 g/mol. The van der Waals surface area contributed by atoms with Gasteiger partial charge in [-0.15, -0.1) is 11.3 Å². The summed E-state index contributed by atoms with van der Waals surface area (Å²) in [4.78, 5) is 26.6. The van der Waals surface area contributed by atoms with Crippen molar-refractivity contribution in [2.75, 3.05) is 6.54 Å². The molecule has 2 N–H and O–H groups in total. The number of hydrogen-bond acceptors (Lipinski definition) is 3. The van der Waals surface area contributed by atoms with Crippen LogP contribution >= 0.6 is 27.3 Å². The molecule has 1 saturated heterocycles. The molecule has 5 nitrogen and oxygen atoms in total. The lowest BCUT2D eigenvalue weighted by atomic mass is 9.91. The predicted molar refractivity (Wildman–Crippen MR) is 85.5 cm³/mol. The van der Waals surface area contributed by atoms with Gasteiger partial charge in [-0.25, -0.2) is 9.59 Å². The van der Waals surface area contributed by atoms with Crippen LogP contribution in [0.2, 0.25) is 0 Å². The van der Waals surface area contributed by atoms with Crippen molar-refractivity contribution < 1.29 is 14.7 Å². The van der Waals surface area contributed by atoms with Gasteiger partial charge < -0.3 is 15.3 Å². The van der Waals surface area contributed by atoms with Crippen LogP contribution < -0.4 is 5.32 Å². The highest BCUT2D eigenvalue weighted by Gasteiger charge is 2.49. The maximum absolute atomic E-state index is 12.4. The van der Waals surface area contributed by atoms with Crippen LogP contribution in [0.3, 0.4) is 0 Å². The van der Waals surface area contributed by atoms with E-state index < -0.39 is 11.5 Å². The number of thiophene rings is 1. The van der Waals surface area contributed by atoms with Crippen LogP contribution in [0, 0.1) is 0 Å².